The number of ether oxygens (including phenoxy) is 1. The quantitative estimate of drug-likeness (QED) is 0.329. The van der Waals surface area contributed by atoms with Crippen molar-refractivity contribution >= 4 is 34.7 Å². The van der Waals surface area contributed by atoms with Gasteiger partial charge in [0.2, 0.25) is 0 Å². The minimum atomic E-state index is -4.82. The first-order chi connectivity index (χ1) is 15.2. The average Bonchev–Trinajstić information content (AvgIpc) is 2.78. The van der Waals surface area contributed by atoms with E-state index in [0.29, 0.717) is 22.3 Å². The Morgan fingerprint density at radius 1 is 1.03 bits per heavy atom. The van der Waals surface area contributed by atoms with Gasteiger partial charge in [0.25, 0.3) is 0 Å². The van der Waals surface area contributed by atoms with Crippen LogP contribution >= 0.6 is 11.6 Å². The maximum Gasteiger partial charge on any atom is 0.432 e. The van der Waals surface area contributed by atoms with E-state index in [2.05, 4.69) is 10.3 Å². The summed E-state index contributed by atoms with van der Waals surface area (Å²) in [5, 5.41) is 10.5. The number of rotatable bonds is 7. The standard InChI is InChI=1S/C23H17ClF3N3O2/c24-18-3-1-2-4-19(18)30-20(13-21(28)23(25,26)27)16-5-7-17(8-6-16)22(31)32-14-15-9-11-29-12-10-15/h1-13,28,30H,14H2/b20-13-,28-21?. The molecule has 0 amide bonds. The molecule has 3 aromatic rings. The summed E-state index contributed by atoms with van der Waals surface area (Å²) in [5.74, 6) is -0.582. The van der Waals surface area contributed by atoms with Crippen LogP contribution in [0.3, 0.4) is 0 Å². The Labute approximate surface area is 187 Å². The highest BCUT2D eigenvalue weighted by Crippen LogP contribution is 2.27. The largest absolute Gasteiger partial charge is 0.457 e. The Morgan fingerprint density at radius 2 is 1.66 bits per heavy atom. The fourth-order valence-electron chi connectivity index (χ4n) is 2.62. The lowest BCUT2D eigenvalue weighted by atomic mass is 10.1. The first kappa shape index (κ1) is 23.0. The number of benzene rings is 2. The number of esters is 1. The molecular formula is C23H17ClF3N3O2. The van der Waals surface area contributed by atoms with Crippen LogP contribution in [-0.4, -0.2) is 22.8 Å². The lowest BCUT2D eigenvalue weighted by molar-refractivity contribution is -0.0583. The molecule has 0 aliphatic rings. The molecule has 0 aliphatic carbocycles. The van der Waals surface area contributed by atoms with Gasteiger partial charge in [0.1, 0.15) is 12.3 Å². The number of allylic oxidation sites excluding steroid dienone is 1. The van der Waals surface area contributed by atoms with Crippen molar-refractivity contribution in [3.63, 3.8) is 0 Å². The maximum absolute atomic E-state index is 12.9. The molecule has 0 aliphatic heterocycles. The molecule has 9 heteroatoms. The number of hydrogen-bond donors (Lipinski definition) is 2. The summed E-state index contributed by atoms with van der Waals surface area (Å²) in [7, 11) is 0. The number of carbonyl (C=O) groups is 1. The first-order valence-corrected chi connectivity index (χ1v) is 9.67. The predicted octanol–water partition coefficient (Wildman–Crippen LogP) is 6.13. The summed E-state index contributed by atoms with van der Waals surface area (Å²) in [5.41, 5.74) is 0.154. The SMILES string of the molecule is N=C(/C=C(\Nc1ccccc1Cl)c1ccc(C(=O)OCc2ccncc2)cc1)C(F)(F)F. The van der Waals surface area contributed by atoms with Crippen LogP contribution in [0.1, 0.15) is 21.5 Å². The van der Waals surface area contributed by atoms with E-state index in [9.17, 15) is 18.0 Å². The minimum Gasteiger partial charge on any atom is -0.457 e. The number of nitrogens with zero attached hydrogens (tertiary/aromatic N) is 1. The van der Waals surface area contributed by atoms with Crippen LogP contribution < -0.4 is 5.32 Å². The zero-order valence-electron chi connectivity index (χ0n) is 16.5. The van der Waals surface area contributed by atoms with E-state index < -0.39 is 17.9 Å². The van der Waals surface area contributed by atoms with Crippen molar-refractivity contribution < 1.29 is 22.7 Å². The maximum atomic E-state index is 12.9. The lowest BCUT2D eigenvalue weighted by Crippen LogP contribution is -2.20. The Hall–Kier alpha value is -3.65. The van der Waals surface area contributed by atoms with Crippen LogP contribution in [0.4, 0.5) is 18.9 Å². The topological polar surface area (TPSA) is 75.1 Å². The molecule has 0 radical (unpaired) electrons. The predicted molar refractivity (Wildman–Crippen MR) is 117 cm³/mol. The van der Waals surface area contributed by atoms with Gasteiger partial charge in [0, 0.05) is 18.1 Å². The first-order valence-electron chi connectivity index (χ1n) is 9.29. The van der Waals surface area contributed by atoms with Gasteiger partial charge in [0.05, 0.1) is 16.3 Å². The van der Waals surface area contributed by atoms with E-state index in [-0.39, 0.29) is 17.9 Å². The number of carbonyl (C=O) groups excluding carboxylic acids is 1. The third-order valence-electron chi connectivity index (χ3n) is 4.29. The molecule has 0 saturated carbocycles. The smallest absolute Gasteiger partial charge is 0.432 e. The average molecular weight is 460 g/mol. The van der Waals surface area contributed by atoms with Gasteiger partial charge in [-0.05, 0) is 53.6 Å². The second kappa shape index (κ2) is 10.1. The molecule has 0 saturated heterocycles. The molecule has 5 nitrogen and oxygen atoms in total. The molecule has 2 aromatic carbocycles. The van der Waals surface area contributed by atoms with Crippen LogP contribution in [0.25, 0.3) is 5.70 Å². The molecule has 32 heavy (non-hydrogen) atoms. The van der Waals surface area contributed by atoms with Gasteiger partial charge in [-0.2, -0.15) is 13.2 Å². The van der Waals surface area contributed by atoms with Crippen LogP contribution in [0.15, 0.2) is 79.1 Å². The van der Waals surface area contributed by atoms with E-state index in [1.807, 2.05) is 0 Å². The highest BCUT2D eigenvalue weighted by Gasteiger charge is 2.33. The molecule has 0 bridgehead atoms. The molecule has 0 atom stereocenters. The Kier molecular flexibility index (Phi) is 7.27. The molecule has 0 unspecified atom stereocenters. The number of aromatic nitrogens is 1. The van der Waals surface area contributed by atoms with Crippen molar-refractivity contribution in [3.8, 4) is 0 Å². The zero-order chi connectivity index (χ0) is 23.1. The summed E-state index contributed by atoms with van der Waals surface area (Å²) in [6.45, 7) is 0.0606. The second-order valence-electron chi connectivity index (χ2n) is 6.58. The zero-order valence-corrected chi connectivity index (χ0v) is 17.2. The van der Waals surface area contributed by atoms with E-state index in [4.69, 9.17) is 21.7 Å². The third-order valence-corrected chi connectivity index (χ3v) is 4.62. The van der Waals surface area contributed by atoms with Crippen molar-refractivity contribution in [2.45, 2.75) is 12.8 Å². The highest BCUT2D eigenvalue weighted by molar-refractivity contribution is 6.33. The molecule has 0 fully saturated rings. The lowest BCUT2D eigenvalue weighted by Gasteiger charge is -2.15. The van der Waals surface area contributed by atoms with Gasteiger partial charge in [-0.1, -0.05) is 35.9 Å². The Bertz CT molecular complexity index is 1130. The van der Waals surface area contributed by atoms with Crippen molar-refractivity contribution in [3.05, 3.63) is 101 Å². The van der Waals surface area contributed by atoms with Gasteiger partial charge in [0.15, 0.2) is 0 Å². The van der Waals surface area contributed by atoms with E-state index in [0.717, 1.165) is 5.56 Å². The van der Waals surface area contributed by atoms with Crippen molar-refractivity contribution in [2.75, 3.05) is 5.32 Å². The fourth-order valence-corrected chi connectivity index (χ4v) is 2.81. The molecule has 0 spiro atoms. The van der Waals surface area contributed by atoms with Crippen LogP contribution in [-0.2, 0) is 11.3 Å². The minimum absolute atomic E-state index is 0.00266. The summed E-state index contributed by atoms with van der Waals surface area (Å²) >= 11 is 6.10. The van der Waals surface area contributed by atoms with E-state index in [1.54, 1.807) is 48.8 Å². The van der Waals surface area contributed by atoms with Crippen LogP contribution in [0.2, 0.25) is 5.02 Å². The van der Waals surface area contributed by atoms with Crippen molar-refractivity contribution in [1.82, 2.24) is 4.98 Å². The van der Waals surface area contributed by atoms with Gasteiger partial charge in [-0.25, -0.2) is 4.79 Å². The summed E-state index contributed by atoms with van der Waals surface area (Å²) in [6.07, 6.45) is -0.989. The molecule has 3 rings (SSSR count). The van der Waals surface area contributed by atoms with E-state index >= 15 is 0 Å². The number of halogens is 4. The van der Waals surface area contributed by atoms with E-state index in [1.165, 1.54) is 24.3 Å². The number of para-hydroxylation sites is 1. The monoisotopic (exact) mass is 459 g/mol. The summed E-state index contributed by atoms with van der Waals surface area (Å²) in [6, 6.07) is 15.7. The molecule has 1 aromatic heterocycles. The third kappa shape index (κ3) is 6.18. The highest BCUT2D eigenvalue weighted by atomic mass is 35.5. The molecule has 1 heterocycles. The van der Waals surface area contributed by atoms with Crippen LogP contribution in [0, 0.1) is 5.41 Å². The van der Waals surface area contributed by atoms with Gasteiger partial charge in [-0.15, -0.1) is 0 Å². The molecule has 2 N–H and O–H groups in total. The Balaban J connectivity index is 1.81. The Morgan fingerprint density at radius 3 is 2.28 bits per heavy atom. The van der Waals surface area contributed by atoms with Gasteiger partial charge < -0.3 is 10.1 Å². The van der Waals surface area contributed by atoms with Crippen molar-refractivity contribution in [2.24, 2.45) is 0 Å². The molecular weight excluding hydrogens is 443 g/mol. The number of alkyl halides is 3. The van der Waals surface area contributed by atoms with Crippen LogP contribution in [0.5, 0.6) is 0 Å². The van der Waals surface area contributed by atoms with Gasteiger partial charge in [-0.3, -0.25) is 10.4 Å². The number of pyridine rings is 1. The van der Waals surface area contributed by atoms with Crippen molar-refractivity contribution in [1.29, 1.82) is 5.41 Å². The number of anilines is 1. The summed E-state index contributed by atoms with van der Waals surface area (Å²) < 4.78 is 44.1. The normalized spacial score (nSPS) is 11.7. The molecule has 164 valence electrons. The van der Waals surface area contributed by atoms with Gasteiger partial charge >= 0.3 is 12.1 Å². The summed E-state index contributed by atoms with van der Waals surface area (Å²) in [4.78, 5) is 16.2. The fraction of sp³-hybridized carbons (Fsp3) is 0.0870. The number of nitrogens with one attached hydrogen (secondary N) is 2. The number of hydrogen-bond acceptors (Lipinski definition) is 5. The second-order valence-corrected chi connectivity index (χ2v) is 6.99.